The van der Waals surface area contributed by atoms with Gasteiger partial charge in [-0.2, -0.15) is 11.8 Å². The van der Waals surface area contributed by atoms with Crippen molar-refractivity contribution in [1.29, 1.82) is 0 Å². The normalized spacial score (nSPS) is 24.1. The maximum absolute atomic E-state index is 10.7. The highest BCUT2D eigenvalue weighted by molar-refractivity contribution is 8.00. The number of nitrogens with one attached hydrogen (secondary N) is 2. The molecule has 2 rings (SSSR count). The maximum atomic E-state index is 10.7. The number of thioether (sulfide) groups is 1. The van der Waals surface area contributed by atoms with Crippen molar-refractivity contribution >= 4 is 17.7 Å². The van der Waals surface area contributed by atoms with Crippen LogP contribution in [-0.4, -0.2) is 98.3 Å². The standard InChI is InChI=1S/C18H36N4O3S/c1-4-19-16(21-14-18(26-3)5-9-24-10-6-18)20-13-17(2,23)15-22-7-11-25-12-8-22/h23H,4-15H2,1-3H3,(H2,19,20,21). The van der Waals surface area contributed by atoms with E-state index in [1.807, 2.05) is 18.7 Å². The number of guanidine groups is 1. The molecular weight excluding hydrogens is 352 g/mol. The number of rotatable bonds is 8. The number of aliphatic hydroxyl groups is 1. The molecule has 7 nitrogen and oxygen atoms in total. The fraction of sp³-hybridized carbons (Fsp3) is 0.944. The lowest BCUT2D eigenvalue weighted by Gasteiger charge is -2.36. The van der Waals surface area contributed by atoms with E-state index in [-0.39, 0.29) is 4.75 Å². The summed E-state index contributed by atoms with van der Waals surface area (Å²) in [5, 5.41) is 17.5. The summed E-state index contributed by atoms with van der Waals surface area (Å²) < 4.78 is 11.1. The van der Waals surface area contributed by atoms with E-state index < -0.39 is 5.60 Å². The minimum absolute atomic E-state index is 0.199. The summed E-state index contributed by atoms with van der Waals surface area (Å²) >= 11 is 1.91. The van der Waals surface area contributed by atoms with Gasteiger partial charge in [0.1, 0.15) is 0 Å². The molecule has 26 heavy (non-hydrogen) atoms. The van der Waals surface area contributed by atoms with Crippen molar-refractivity contribution in [1.82, 2.24) is 15.5 Å². The first-order chi connectivity index (χ1) is 12.5. The lowest BCUT2D eigenvalue weighted by molar-refractivity contribution is -0.0180. The quantitative estimate of drug-likeness (QED) is 0.414. The Bertz CT molecular complexity index is 436. The van der Waals surface area contributed by atoms with Crippen LogP contribution in [0.5, 0.6) is 0 Å². The van der Waals surface area contributed by atoms with E-state index in [2.05, 4.69) is 33.7 Å². The number of hydrogen-bond acceptors (Lipinski definition) is 6. The minimum Gasteiger partial charge on any atom is -0.387 e. The third kappa shape index (κ3) is 7.23. The maximum Gasteiger partial charge on any atom is 0.191 e. The van der Waals surface area contributed by atoms with Crippen LogP contribution in [0.25, 0.3) is 0 Å². The molecule has 2 saturated heterocycles. The zero-order chi connectivity index (χ0) is 18.9. The Morgan fingerprint density at radius 2 is 1.85 bits per heavy atom. The molecule has 0 aromatic carbocycles. The average molecular weight is 389 g/mol. The molecule has 8 heteroatoms. The van der Waals surface area contributed by atoms with Crippen molar-refractivity contribution in [3.8, 4) is 0 Å². The lowest BCUT2D eigenvalue weighted by atomic mass is 9.99. The van der Waals surface area contributed by atoms with Gasteiger partial charge in [-0.15, -0.1) is 0 Å². The molecule has 0 aromatic rings. The van der Waals surface area contributed by atoms with Gasteiger partial charge in [-0.3, -0.25) is 9.89 Å². The number of ether oxygens (including phenoxy) is 2. The molecule has 0 spiro atoms. The topological polar surface area (TPSA) is 78.4 Å². The summed E-state index contributed by atoms with van der Waals surface area (Å²) in [6, 6.07) is 0. The molecule has 2 heterocycles. The smallest absolute Gasteiger partial charge is 0.191 e. The number of morpholine rings is 1. The molecule has 1 unspecified atom stereocenters. The second kappa shape index (κ2) is 10.7. The van der Waals surface area contributed by atoms with Crippen molar-refractivity contribution in [2.45, 2.75) is 37.0 Å². The molecule has 3 N–H and O–H groups in total. The second-order valence-electron chi connectivity index (χ2n) is 7.43. The number of β-amino-alcohol motifs (C(OH)–C–C–N with tert-alkyl or cyclic N) is 1. The van der Waals surface area contributed by atoms with Crippen LogP contribution in [0.1, 0.15) is 26.7 Å². The molecule has 2 aliphatic rings. The van der Waals surface area contributed by atoms with Gasteiger partial charge in [0.15, 0.2) is 5.96 Å². The van der Waals surface area contributed by atoms with Gasteiger partial charge in [0, 0.05) is 50.7 Å². The van der Waals surface area contributed by atoms with E-state index in [4.69, 9.17) is 9.47 Å². The monoisotopic (exact) mass is 388 g/mol. The molecule has 0 bridgehead atoms. The van der Waals surface area contributed by atoms with E-state index in [0.717, 1.165) is 71.4 Å². The Labute approximate surface area is 162 Å². The van der Waals surface area contributed by atoms with Gasteiger partial charge in [0.05, 0.1) is 25.4 Å². The average Bonchev–Trinajstić information content (AvgIpc) is 2.65. The molecule has 0 aliphatic carbocycles. The van der Waals surface area contributed by atoms with E-state index in [1.165, 1.54) is 0 Å². The van der Waals surface area contributed by atoms with Crippen molar-refractivity contribution in [2.24, 2.45) is 4.99 Å². The second-order valence-corrected chi connectivity index (χ2v) is 8.71. The third-order valence-electron chi connectivity index (χ3n) is 5.01. The first-order valence-electron chi connectivity index (χ1n) is 9.66. The van der Waals surface area contributed by atoms with Crippen molar-refractivity contribution in [3.05, 3.63) is 0 Å². The zero-order valence-corrected chi connectivity index (χ0v) is 17.4. The highest BCUT2D eigenvalue weighted by Gasteiger charge is 2.32. The molecular formula is C18H36N4O3S. The van der Waals surface area contributed by atoms with Gasteiger partial charge in [-0.05, 0) is 32.9 Å². The van der Waals surface area contributed by atoms with E-state index in [9.17, 15) is 5.11 Å². The molecule has 2 aliphatic heterocycles. The Balaban J connectivity index is 1.87. The van der Waals surface area contributed by atoms with Crippen LogP contribution in [0.15, 0.2) is 4.99 Å². The summed E-state index contributed by atoms with van der Waals surface area (Å²) in [4.78, 5) is 6.89. The van der Waals surface area contributed by atoms with E-state index in [0.29, 0.717) is 13.1 Å². The Morgan fingerprint density at radius 1 is 1.19 bits per heavy atom. The highest BCUT2D eigenvalue weighted by atomic mass is 32.2. The molecule has 0 radical (unpaired) electrons. The Hall–Kier alpha value is -0.540. The number of aliphatic imine (C=N–C) groups is 1. The van der Waals surface area contributed by atoms with Gasteiger partial charge < -0.3 is 25.2 Å². The fourth-order valence-electron chi connectivity index (χ4n) is 3.32. The van der Waals surface area contributed by atoms with Gasteiger partial charge in [-0.25, -0.2) is 0 Å². The SMILES string of the molecule is CCNC(=NCC(C)(O)CN1CCOCC1)NCC1(SC)CCOCC1. The molecule has 0 aromatic heterocycles. The van der Waals surface area contributed by atoms with E-state index in [1.54, 1.807) is 0 Å². The van der Waals surface area contributed by atoms with Crippen LogP contribution in [0.3, 0.4) is 0 Å². The summed E-state index contributed by atoms with van der Waals surface area (Å²) in [6.07, 6.45) is 4.27. The van der Waals surface area contributed by atoms with Crippen molar-refractivity contribution in [3.63, 3.8) is 0 Å². The fourth-order valence-corrected chi connectivity index (χ4v) is 4.11. The van der Waals surface area contributed by atoms with Gasteiger partial charge in [0.25, 0.3) is 0 Å². The lowest BCUT2D eigenvalue weighted by Crippen LogP contribution is -2.50. The predicted octanol–water partition coefficient (Wildman–Crippen LogP) is 0.537. The van der Waals surface area contributed by atoms with Crippen LogP contribution < -0.4 is 10.6 Å². The van der Waals surface area contributed by atoms with Gasteiger partial charge >= 0.3 is 0 Å². The van der Waals surface area contributed by atoms with Crippen LogP contribution >= 0.6 is 11.8 Å². The third-order valence-corrected chi connectivity index (χ3v) is 6.42. The molecule has 0 saturated carbocycles. The summed E-state index contributed by atoms with van der Waals surface area (Å²) in [6.45, 7) is 11.4. The summed E-state index contributed by atoms with van der Waals surface area (Å²) in [7, 11) is 0. The molecule has 2 fully saturated rings. The van der Waals surface area contributed by atoms with Gasteiger partial charge in [-0.1, -0.05) is 0 Å². The van der Waals surface area contributed by atoms with Crippen molar-refractivity contribution < 1.29 is 14.6 Å². The summed E-state index contributed by atoms with van der Waals surface area (Å²) in [5.74, 6) is 0.773. The van der Waals surface area contributed by atoms with Gasteiger partial charge in [0.2, 0.25) is 0 Å². The van der Waals surface area contributed by atoms with Crippen LogP contribution in [0, 0.1) is 0 Å². The zero-order valence-electron chi connectivity index (χ0n) is 16.6. The molecule has 1 atom stereocenters. The number of hydrogen-bond donors (Lipinski definition) is 3. The minimum atomic E-state index is -0.852. The predicted molar refractivity (Wildman–Crippen MR) is 108 cm³/mol. The first-order valence-corrected chi connectivity index (χ1v) is 10.9. The Kier molecular flexibility index (Phi) is 8.96. The summed E-state index contributed by atoms with van der Waals surface area (Å²) in [5.41, 5.74) is -0.852. The van der Waals surface area contributed by atoms with Crippen molar-refractivity contribution in [2.75, 3.05) is 72.0 Å². The largest absolute Gasteiger partial charge is 0.387 e. The van der Waals surface area contributed by atoms with Crippen LogP contribution in [0.2, 0.25) is 0 Å². The van der Waals surface area contributed by atoms with Crippen LogP contribution in [-0.2, 0) is 9.47 Å². The van der Waals surface area contributed by atoms with Crippen LogP contribution in [0.4, 0.5) is 0 Å². The molecule has 0 amide bonds. The number of nitrogens with zero attached hydrogens (tertiary/aromatic N) is 2. The first kappa shape index (κ1) is 21.8. The van der Waals surface area contributed by atoms with E-state index >= 15 is 0 Å². The molecule has 152 valence electrons. The Morgan fingerprint density at radius 3 is 2.46 bits per heavy atom. The highest BCUT2D eigenvalue weighted by Crippen LogP contribution is 2.32.